The summed E-state index contributed by atoms with van der Waals surface area (Å²) in [5, 5.41) is 0. The zero-order valence-corrected chi connectivity index (χ0v) is 18.9. The molecule has 1 fully saturated rings. The standard InChI is InChI=1S/C23H32N4.2ClH/c1-26(22-14-12-21(13-15-22)20-10-4-2-5-11-20)23(24)25-16-6-3-7-17-27-18-8-9-19-27;;/h2,4-5,10-15H,3,6-9,16-19H2,1H3,(H2,24,25);2*1H. The van der Waals surface area contributed by atoms with Gasteiger partial charge in [-0.25, -0.2) is 0 Å². The molecule has 2 aromatic rings. The summed E-state index contributed by atoms with van der Waals surface area (Å²) in [6, 6.07) is 18.9. The molecule has 1 aliphatic rings. The van der Waals surface area contributed by atoms with Crippen LogP contribution in [0.5, 0.6) is 0 Å². The van der Waals surface area contributed by atoms with Crippen molar-refractivity contribution in [2.75, 3.05) is 38.1 Å². The molecular formula is C23H34Cl2N4. The molecule has 0 saturated carbocycles. The Labute approximate surface area is 188 Å². The molecule has 0 spiro atoms. The molecule has 29 heavy (non-hydrogen) atoms. The molecular weight excluding hydrogens is 403 g/mol. The van der Waals surface area contributed by atoms with E-state index in [2.05, 4.69) is 58.4 Å². The third-order valence-corrected chi connectivity index (χ3v) is 5.31. The number of nitrogens with two attached hydrogens (primary N) is 1. The Bertz CT molecular complexity index is 713. The van der Waals surface area contributed by atoms with Gasteiger partial charge in [-0.15, -0.1) is 24.8 Å². The van der Waals surface area contributed by atoms with Crippen molar-refractivity contribution in [3.63, 3.8) is 0 Å². The molecule has 0 aromatic heterocycles. The highest BCUT2D eigenvalue weighted by molar-refractivity contribution is 5.94. The highest BCUT2D eigenvalue weighted by Crippen LogP contribution is 2.22. The van der Waals surface area contributed by atoms with Gasteiger partial charge >= 0.3 is 0 Å². The maximum atomic E-state index is 6.18. The van der Waals surface area contributed by atoms with Crippen molar-refractivity contribution in [3.8, 4) is 11.1 Å². The number of nitrogens with zero attached hydrogens (tertiary/aromatic N) is 3. The lowest BCUT2D eigenvalue weighted by molar-refractivity contribution is 0.329. The van der Waals surface area contributed by atoms with E-state index in [4.69, 9.17) is 5.73 Å². The van der Waals surface area contributed by atoms with Crippen LogP contribution in [-0.4, -0.2) is 44.1 Å². The van der Waals surface area contributed by atoms with Crippen LogP contribution in [0.25, 0.3) is 11.1 Å². The number of anilines is 1. The first-order valence-corrected chi connectivity index (χ1v) is 10.2. The molecule has 1 aliphatic heterocycles. The molecule has 4 nitrogen and oxygen atoms in total. The number of rotatable bonds is 8. The first-order chi connectivity index (χ1) is 13.2. The van der Waals surface area contributed by atoms with Crippen LogP contribution < -0.4 is 10.6 Å². The Morgan fingerprint density at radius 2 is 1.52 bits per heavy atom. The van der Waals surface area contributed by atoms with Gasteiger partial charge in [0.15, 0.2) is 5.96 Å². The second-order valence-electron chi connectivity index (χ2n) is 7.32. The predicted molar refractivity (Wildman–Crippen MR) is 131 cm³/mol. The monoisotopic (exact) mass is 436 g/mol. The van der Waals surface area contributed by atoms with Crippen LogP contribution in [0.2, 0.25) is 0 Å². The van der Waals surface area contributed by atoms with Gasteiger partial charge in [0, 0.05) is 19.3 Å². The molecule has 0 radical (unpaired) electrons. The van der Waals surface area contributed by atoms with Crippen LogP contribution in [0, 0.1) is 0 Å². The van der Waals surface area contributed by atoms with E-state index in [9.17, 15) is 0 Å². The lowest BCUT2D eigenvalue weighted by atomic mass is 10.1. The molecule has 2 aromatic carbocycles. The van der Waals surface area contributed by atoms with Crippen molar-refractivity contribution in [3.05, 3.63) is 54.6 Å². The summed E-state index contributed by atoms with van der Waals surface area (Å²) in [6.07, 6.45) is 6.35. The third kappa shape index (κ3) is 7.88. The lowest BCUT2D eigenvalue weighted by Gasteiger charge is -2.18. The largest absolute Gasteiger partial charge is 0.370 e. The summed E-state index contributed by atoms with van der Waals surface area (Å²) in [6.45, 7) is 4.63. The average Bonchev–Trinajstić information content (AvgIpc) is 3.24. The number of unbranched alkanes of at least 4 members (excludes halogenated alkanes) is 2. The molecule has 1 saturated heterocycles. The Kier molecular flexibility index (Phi) is 11.7. The number of halogens is 2. The maximum absolute atomic E-state index is 6.18. The van der Waals surface area contributed by atoms with E-state index in [1.54, 1.807) is 0 Å². The van der Waals surface area contributed by atoms with Crippen molar-refractivity contribution in [1.29, 1.82) is 0 Å². The van der Waals surface area contributed by atoms with Gasteiger partial charge in [0.05, 0.1) is 0 Å². The number of guanidine groups is 1. The minimum atomic E-state index is 0. The molecule has 0 aliphatic carbocycles. The van der Waals surface area contributed by atoms with Crippen LogP contribution in [0.15, 0.2) is 59.6 Å². The SMILES string of the molecule is CN(C(N)=NCCCCCN1CCCC1)c1ccc(-c2ccccc2)cc1.Cl.Cl. The summed E-state index contributed by atoms with van der Waals surface area (Å²) < 4.78 is 0. The lowest BCUT2D eigenvalue weighted by Crippen LogP contribution is -2.34. The number of aliphatic imine (C=N–C) groups is 1. The first kappa shape index (κ1) is 25.3. The van der Waals surface area contributed by atoms with E-state index < -0.39 is 0 Å². The minimum Gasteiger partial charge on any atom is -0.370 e. The molecule has 3 rings (SSSR count). The van der Waals surface area contributed by atoms with Crippen molar-refractivity contribution < 1.29 is 0 Å². The summed E-state index contributed by atoms with van der Waals surface area (Å²) in [5.41, 5.74) is 9.67. The van der Waals surface area contributed by atoms with Crippen LogP contribution in [-0.2, 0) is 0 Å². The van der Waals surface area contributed by atoms with Gasteiger partial charge in [0.25, 0.3) is 0 Å². The average molecular weight is 437 g/mol. The van der Waals surface area contributed by atoms with Gasteiger partial charge in [-0.3, -0.25) is 4.99 Å². The topological polar surface area (TPSA) is 44.9 Å². The summed E-state index contributed by atoms with van der Waals surface area (Å²) in [4.78, 5) is 9.09. The van der Waals surface area contributed by atoms with Crippen molar-refractivity contribution in [2.24, 2.45) is 10.7 Å². The maximum Gasteiger partial charge on any atom is 0.195 e. The third-order valence-electron chi connectivity index (χ3n) is 5.31. The van der Waals surface area contributed by atoms with Crippen molar-refractivity contribution in [1.82, 2.24) is 4.90 Å². The smallest absolute Gasteiger partial charge is 0.195 e. The predicted octanol–water partition coefficient (Wildman–Crippen LogP) is 5.21. The van der Waals surface area contributed by atoms with Crippen LogP contribution in [0.3, 0.4) is 0 Å². The minimum absolute atomic E-state index is 0. The zero-order valence-electron chi connectivity index (χ0n) is 17.3. The molecule has 0 atom stereocenters. The number of hydrogen-bond acceptors (Lipinski definition) is 2. The van der Waals surface area contributed by atoms with E-state index >= 15 is 0 Å². The number of hydrogen-bond donors (Lipinski definition) is 1. The zero-order chi connectivity index (χ0) is 18.9. The van der Waals surface area contributed by atoms with Crippen LogP contribution >= 0.6 is 24.8 Å². The fourth-order valence-electron chi connectivity index (χ4n) is 3.57. The Morgan fingerprint density at radius 3 is 2.17 bits per heavy atom. The molecule has 6 heteroatoms. The van der Waals surface area contributed by atoms with E-state index in [0.717, 1.165) is 18.7 Å². The van der Waals surface area contributed by atoms with Gasteiger partial charge in [-0.05, 0) is 68.6 Å². The first-order valence-electron chi connectivity index (χ1n) is 10.2. The normalized spacial score (nSPS) is 14.2. The van der Waals surface area contributed by atoms with Crippen molar-refractivity contribution in [2.45, 2.75) is 32.1 Å². The number of benzene rings is 2. The van der Waals surface area contributed by atoms with Crippen LogP contribution in [0.1, 0.15) is 32.1 Å². The highest BCUT2D eigenvalue weighted by atomic mass is 35.5. The van der Waals surface area contributed by atoms with Gasteiger partial charge in [0.2, 0.25) is 0 Å². The van der Waals surface area contributed by atoms with E-state index in [1.807, 2.05) is 18.0 Å². The second-order valence-corrected chi connectivity index (χ2v) is 7.32. The molecule has 1 heterocycles. The summed E-state index contributed by atoms with van der Waals surface area (Å²) in [5.74, 6) is 0.585. The van der Waals surface area contributed by atoms with Gasteiger partial charge < -0.3 is 15.5 Å². The molecule has 0 unspecified atom stereocenters. The highest BCUT2D eigenvalue weighted by Gasteiger charge is 2.10. The Hall–Kier alpha value is -1.75. The molecule has 0 amide bonds. The Balaban J connectivity index is 0.00000210. The summed E-state index contributed by atoms with van der Waals surface area (Å²) >= 11 is 0. The van der Waals surface area contributed by atoms with E-state index in [0.29, 0.717) is 5.96 Å². The molecule has 2 N–H and O–H groups in total. The fourth-order valence-corrected chi connectivity index (χ4v) is 3.57. The fraction of sp³-hybridized carbons (Fsp3) is 0.435. The second kappa shape index (κ2) is 13.5. The van der Waals surface area contributed by atoms with Gasteiger partial charge in [0.1, 0.15) is 0 Å². The molecule has 160 valence electrons. The van der Waals surface area contributed by atoms with Crippen molar-refractivity contribution >= 4 is 36.5 Å². The van der Waals surface area contributed by atoms with E-state index in [-0.39, 0.29) is 24.8 Å². The Morgan fingerprint density at radius 1 is 0.897 bits per heavy atom. The van der Waals surface area contributed by atoms with Gasteiger partial charge in [-0.2, -0.15) is 0 Å². The quantitative estimate of drug-likeness (QED) is 0.350. The van der Waals surface area contributed by atoms with E-state index in [1.165, 1.54) is 56.4 Å². The summed E-state index contributed by atoms with van der Waals surface area (Å²) in [7, 11) is 1.98. The molecule has 0 bridgehead atoms. The van der Waals surface area contributed by atoms with Crippen LogP contribution in [0.4, 0.5) is 5.69 Å². The number of likely N-dealkylation sites (tertiary alicyclic amines) is 1. The van der Waals surface area contributed by atoms with Gasteiger partial charge in [-0.1, -0.05) is 48.9 Å².